The molecule has 0 amide bonds. The Morgan fingerprint density at radius 1 is 0.950 bits per heavy atom. The van der Waals surface area contributed by atoms with Crippen LogP contribution in [0.2, 0.25) is 0 Å². The van der Waals surface area contributed by atoms with Gasteiger partial charge in [0.1, 0.15) is 18.1 Å². The van der Waals surface area contributed by atoms with Crippen molar-refractivity contribution in [1.82, 2.24) is 0 Å². The van der Waals surface area contributed by atoms with E-state index in [1.165, 1.54) is 11.1 Å². The first-order chi connectivity index (χ1) is 9.63. The maximum atomic E-state index is 10.9. The Morgan fingerprint density at radius 2 is 1.55 bits per heavy atom. The van der Waals surface area contributed by atoms with Crippen LogP contribution in [-0.2, 0) is 17.8 Å². The second-order valence-electron chi connectivity index (χ2n) is 5.12. The van der Waals surface area contributed by atoms with Gasteiger partial charge in [-0.05, 0) is 43.5 Å². The first-order valence-corrected chi connectivity index (χ1v) is 6.90. The Hall–Kier alpha value is -2.09. The van der Waals surface area contributed by atoms with Crippen molar-refractivity contribution in [1.29, 1.82) is 0 Å². The van der Waals surface area contributed by atoms with Crippen LogP contribution in [0.3, 0.4) is 0 Å². The van der Waals surface area contributed by atoms with E-state index in [9.17, 15) is 4.79 Å². The Balaban J connectivity index is 1.87. The molecule has 0 spiro atoms. The van der Waals surface area contributed by atoms with Crippen LogP contribution in [0, 0.1) is 6.92 Å². The van der Waals surface area contributed by atoms with Crippen LogP contribution in [0.5, 0.6) is 5.75 Å². The average Bonchev–Trinajstić information content (AvgIpc) is 2.45. The summed E-state index contributed by atoms with van der Waals surface area (Å²) < 4.78 is 5.75. The number of aryl methyl sites for hydroxylation is 2. The number of rotatable bonds is 6. The van der Waals surface area contributed by atoms with Gasteiger partial charge in [-0.2, -0.15) is 0 Å². The number of ketones is 1. The zero-order valence-electron chi connectivity index (χ0n) is 12.1. The highest BCUT2D eigenvalue weighted by atomic mass is 16.5. The van der Waals surface area contributed by atoms with Gasteiger partial charge in [-0.1, -0.05) is 42.0 Å². The van der Waals surface area contributed by atoms with Crippen molar-refractivity contribution in [2.75, 3.05) is 0 Å². The van der Waals surface area contributed by atoms with Gasteiger partial charge >= 0.3 is 0 Å². The van der Waals surface area contributed by atoms with E-state index in [1.54, 1.807) is 6.92 Å². The molecule has 0 unspecified atom stereocenters. The van der Waals surface area contributed by atoms with Gasteiger partial charge in [0.15, 0.2) is 0 Å². The predicted octanol–water partition coefficient (Wildman–Crippen LogP) is 4.10. The monoisotopic (exact) mass is 268 g/mol. The van der Waals surface area contributed by atoms with E-state index in [0.29, 0.717) is 13.0 Å². The fraction of sp³-hybridized carbons (Fsp3) is 0.278. The van der Waals surface area contributed by atoms with E-state index in [4.69, 9.17) is 4.74 Å². The summed E-state index contributed by atoms with van der Waals surface area (Å²) in [6, 6.07) is 16.3. The second-order valence-corrected chi connectivity index (χ2v) is 5.12. The topological polar surface area (TPSA) is 26.3 Å². The fourth-order valence-electron chi connectivity index (χ4n) is 1.92. The average molecular weight is 268 g/mol. The minimum atomic E-state index is 0.227. The molecule has 2 nitrogen and oxygen atoms in total. The molecule has 2 rings (SSSR count). The third-order valence-electron chi connectivity index (χ3n) is 3.22. The van der Waals surface area contributed by atoms with Crippen molar-refractivity contribution >= 4 is 5.78 Å². The molecule has 0 fully saturated rings. The SMILES string of the molecule is CC(=O)CCc1ccc(OCc2ccc(C)cc2)cc1. The summed E-state index contributed by atoms with van der Waals surface area (Å²) in [6.45, 7) is 4.27. The third-order valence-corrected chi connectivity index (χ3v) is 3.22. The Bertz CT molecular complexity index is 553. The summed E-state index contributed by atoms with van der Waals surface area (Å²) >= 11 is 0. The van der Waals surface area contributed by atoms with E-state index in [2.05, 4.69) is 31.2 Å². The number of hydrogen-bond donors (Lipinski definition) is 0. The van der Waals surface area contributed by atoms with Crippen LogP contribution >= 0.6 is 0 Å². The molecule has 0 heterocycles. The lowest BCUT2D eigenvalue weighted by molar-refractivity contribution is -0.116. The standard InChI is InChI=1S/C18H20O2/c1-14-3-6-17(7-4-14)13-20-18-11-9-16(10-12-18)8-5-15(2)19/h3-4,6-7,9-12H,5,8,13H2,1-2H3. The molecule has 104 valence electrons. The zero-order valence-corrected chi connectivity index (χ0v) is 12.1. The first kappa shape index (κ1) is 14.3. The summed E-state index contributed by atoms with van der Waals surface area (Å²) in [6.07, 6.45) is 1.40. The molecule has 2 aromatic rings. The first-order valence-electron chi connectivity index (χ1n) is 6.90. The van der Waals surface area contributed by atoms with Crippen LogP contribution in [0.15, 0.2) is 48.5 Å². The smallest absolute Gasteiger partial charge is 0.130 e. The summed E-state index contributed by atoms with van der Waals surface area (Å²) in [7, 11) is 0. The van der Waals surface area contributed by atoms with E-state index in [1.807, 2.05) is 24.3 Å². The number of hydrogen-bond acceptors (Lipinski definition) is 2. The predicted molar refractivity (Wildman–Crippen MR) is 81.0 cm³/mol. The molecule has 0 aromatic heterocycles. The highest BCUT2D eigenvalue weighted by Gasteiger charge is 1.99. The number of Topliss-reactive ketones (excluding diaryl/α,β-unsaturated/α-hetero) is 1. The van der Waals surface area contributed by atoms with Gasteiger partial charge in [0.2, 0.25) is 0 Å². The van der Waals surface area contributed by atoms with Gasteiger partial charge in [-0.3, -0.25) is 0 Å². The van der Waals surface area contributed by atoms with Crippen molar-refractivity contribution in [3.63, 3.8) is 0 Å². The highest BCUT2D eigenvalue weighted by Crippen LogP contribution is 2.15. The minimum Gasteiger partial charge on any atom is -0.489 e. The summed E-state index contributed by atoms with van der Waals surface area (Å²) in [5.74, 6) is 1.09. The van der Waals surface area contributed by atoms with E-state index >= 15 is 0 Å². The molecule has 0 saturated carbocycles. The summed E-state index contributed by atoms with van der Waals surface area (Å²) in [5.41, 5.74) is 3.59. The van der Waals surface area contributed by atoms with E-state index in [0.717, 1.165) is 17.7 Å². The Morgan fingerprint density at radius 3 is 2.15 bits per heavy atom. The van der Waals surface area contributed by atoms with Gasteiger partial charge in [0.25, 0.3) is 0 Å². The molecule has 0 aliphatic rings. The second kappa shape index (κ2) is 6.90. The number of carbonyl (C=O) groups is 1. The molecular formula is C18H20O2. The normalized spacial score (nSPS) is 10.3. The summed E-state index contributed by atoms with van der Waals surface area (Å²) in [4.78, 5) is 10.9. The van der Waals surface area contributed by atoms with Crippen LogP contribution in [0.25, 0.3) is 0 Å². The van der Waals surface area contributed by atoms with Gasteiger partial charge < -0.3 is 9.53 Å². The number of carbonyl (C=O) groups excluding carboxylic acids is 1. The lowest BCUT2D eigenvalue weighted by Crippen LogP contribution is -1.96. The summed E-state index contributed by atoms with van der Waals surface area (Å²) in [5, 5.41) is 0. The minimum absolute atomic E-state index is 0.227. The van der Waals surface area contributed by atoms with E-state index < -0.39 is 0 Å². The molecule has 2 aromatic carbocycles. The number of benzene rings is 2. The van der Waals surface area contributed by atoms with Gasteiger partial charge in [0.05, 0.1) is 0 Å². The van der Waals surface area contributed by atoms with E-state index in [-0.39, 0.29) is 5.78 Å². The van der Waals surface area contributed by atoms with Gasteiger partial charge in [-0.15, -0.1) is 0 Å². The molecule has 0 aliphatic heterocycles. The molecule has 0 radical (unpaired) electrons. The lowest BCUT2D eigenvalue weighted by Gasteiger charge is -2.07. The largest absolute Gasteiger partial charge is 0.489 e. The van der Waals surface area contributed by atoms with Gasteiger partial charge in [-0.25, -0.2) is 0 Å². The Kier molecular flexibility index (Phi) is 4.94. The molecule has 0 atom stereocenters. The van der Waals surface area contributed by atoms with Crippen molar-refractivity contribution in [2.45, 2.75) is 33.3 Å². The Labute approximate surface area is 120 Å². The molecule has 0 saturated heterocycles. The number of ether oxygens (including phenoxy) is 1. The van der Waals surface area contributed by atoms with Gasteiger partial charge in [0, 0.05) is 6.42 Å². The van der Waals surface area contributed by atoms with Crippen LogP contribution in [0.1, 0.15) is 30.0 Å². The molecular weight excluding hydrogens is 248 g/mol. The highest BCUT2D eigenvalue weighted by molar-refractivity contribution is 5.75. The fourth-order valence-corrected chi connectivity index (χ4v) is 1.92. The van der Waals surface area contributed by atoms with Crippen molar-refractivity contribution in [3.8, 4) is 5.75 Å². The molecule has 2 heteroatoms. The molecule has 20 heavy (non-hydrogen) atoms. The maximum absolute atomic E-state index is 10.9. The molecule has 0 N–H and O–H groups in total. The molecule has 0 bridgehead atoms. The van der Waals surface area contributed by atoms with Crippen molar-refractivity contribution in [2.24, 2.45) is 0 Å². The quantitative estimate of drug-likeness (QED) is 0.788. The van der Waals surface area contributed by atoms with Crippen molar-refractivity contribution < 1.29 is 9.53 Å². The van der Waals surface area contributed by atoms with Crippen LogP contribution in [-0.4, -0.2) is 5.78 Å². The lowest BCUT2D eigenvalue weighted by atomic mass is 10.1. The van der Waals surface area contributed by atoms with Crippen LogP contribution < -0.4 is 4.74 Å². The molecule has 0 aliphatic carbocycles. The van der Waals surface area contributed by atoms with Crippen LogP contribution in [0.4, 0.5) is 0 Å². The van der Waals surface area contributed by atoms with Crippen molar-refractivity contribution in [3.05, 3.63) is 65.2 Å². The third kappa shape index (κ3) is 4.54. The zero-order chi connectivity index (χ0) is 14.4. The maximum Gasteiger partial charge on any atom is 0.130 e.